The van der Waals surface area contributed by atoms with E-state index in [0.717, 1.165) is 0 Å². The summed E-state index contributed by atoms with van der Waals surface area (Å²) in [6.07, 6.45) is -5.50. The molecule has 0 heterocycles. The van der Waals surface area contributed by atoms with Gasteiger partial charge in [-0.05, 0) is 0 Å². The van der Waals surface area contributed by atoms with Crippen LogP contribution in [0.4, 0.5) is 14.4 Å². The normalized spacial score (nSPS) is 5.14. The van der Waals surface area contributed by atoms with Gasteiger partial charge in [0.1, 0.15) is 0 Å². The standard InChI is InChI=1S/3CH2O3.K.Na.2H/c3*2-1(3)4;;;;/h3*(H2,2,3,4);;;;. The van der Waals surface area contributed by atoms with Crippen LogP contribution in [-0.4, -0.2) is 130 Å². The van der Waals surface area contributed by atoms with Crippen LogP contribution in [0.25, 0.3) is 0 Å². The van der Waals surface area contributed by atoms with E-state index in [1.54, 1.807) is 0 Å². The molecule has 0 radical (unpaired) electrons. The second-order valence-corrected chi connectivity index (χ2v) is 0.848. The van der Waals surface area contributed by atoms with Gasteiger partial charge >= 0.3 is 99.4 Å². The molecular formula is C3H8KNaO9. The molecule has 9 nitrogen and oxygen atoms in total. The quantitative estimate of drug-likeness (QED) is 0.306. The van der Waals surface area contributed by atoms with Crippen LogP contribution in [-0.2, 0) is 0 Å². The monoisotopic (exact) mass is 250 g/mol. The number of hydrogen-bond acceptors (Lipinski definition) is 3. The Bertz CT molecular complexity index is 118. The summed E-state index contributed by atoms with van der Waals surface area (Å²) in [4.78, 5) is 25.7. The minimum absolute atomic E-state index is 0. The molecule has 0 unspecified atom stereocenters. The summed E-state index contributed by atoms with van der Waals surface area (Å²) in [6.45, 7) is 0. The first kappa shape index (κ1) is 29.3. The van der Waals surface area contributed by atoms with E-state index < -0.39 is 18.5 Å². The van der Waals surface area contributed by atoms with E-state index in [-0.39, 0.29) is 80.9 Å². The molecule has 0 saturated carbocycles. The molecule has 0 aliphatic rings. The fraction of sp³-hybridized carbons (Fsp3) is 0. The molecule has 0 fully saturated rings. The zero-order valence-electron chi connectivity index (χ0n) is 5.41. The fourth-order valence-electron chi connectivity index (χ4n) is 0. The predicted octanol–water partition coefficient (Wildman–Crippen LogP) is -0.630. The molecule has 0 aliphatic carbocycles. The van der Waals surface area contributed by atoms with E-state index in [9.17, 15) is 0 Å². The molecule has 11 heteroatoms. The Morgan fingerprint density at radius 3 is 0.571 bits per heavy atom. The van der Waals surface area contributed by atoms with Crippen LogP contribution in [0, 0.1) is 0 Å². The summed E-state index contributed by atoms with van der Waals surface area (Å²) >= 11 is 0. The number of hydrogen-bond donors (Lipinski definition) is 6. The van der Waals surface area contributed by atoms with Gasteiger partial charge in [0.05, 0.1) is 0 Å². The fourth-order valence-corrected chi connectivity index (χ4v) is 0. The third-order valence-electron chi connectivity index (χ3n) is 0. The van der Waals surface area contributed by atoms with Crippen molar-refractivity contribution >= 4 is 99.4 Å². The number of carboxylic acid groups (broad SMARTS) is 6. The van der Waals surface area contributed by atoms with Crippen molar-refractivity contribution in [1.82, 2.24) is 0 Å². The zero-order chi connectivity index (χ0) is 10.7. The van der Waals surface area contributed by atoms with Crippen molar-refractivity contribution in [3.63, 3.8) is 0 Å². The third kappa shape index (κ3) is 8180. The molecule has 0 aromatic rings. The van der Waals surface area contributed by atoms with Gasteiger partial charge < -0.3 is 30.6 Å². The average molecular weight is 250 g/mol. The SMILES string of the molecule is O=C(O)O.O=C(O)O.O=C(O)O.[KH].[NaH]. The summed E-state index contributed by atoms with van der Waals surface area (Å²) in [5, 5.41) is 41.8. The van der Waals surface area contributed by atoms with Gasteiger partial charge in [-0.15, -0.1) is 0 Å². The van der Waals surface area contributed by atoms with Crippen LogP contribution in [0.15, 0.2) is 0 Å². The topological polar surface area (TPSA) is 173 Å². The van der Waals surface area contributed by atoms with Crippen LogP contribution >= 0.6 is 0 Å². The van der Waals surface area contributed by atoms with Gasteiger partial charge in [-0.2, -0.15) is 0 Å². The van der Waals surface area contributed by atoms with Crippen molar-refractivity contribution in [3.05, 3.63) is 0 Å². The summed E-state index contributed by atoms with van der Waals surface area (Å²) in [5.41, 5.74) is 0. The Balaban J connectivity index is -0.0000000270. The van der Waals surface area contributed by atoms with Crippen LogP contribution in [0.5, 0.6) is 0 Å². The molecule has 0 rings (SSSR count). The van der Waals surface area contributed by atoms with Crippen molar-refractivity contribution in [2.75, 3.05) is 0 Å². The molecule has 14 heavy (non-hydrogen) atoms. The van der Waals surface area contributed by atoms with Crippen LogP contribution in [0.3, 0.4) is 0 Å². The summed E-state index contributed by atoms with van der Waals surface area (Å²) < 4.78 is 0. The molecule has 0 aromatic carbocycles. The average Bonchev–Trinajstić information content (AvgIpc) is 1.54. The Kier molecular flexibility index (Phi) is 48.8. The van der Waals surface area contributed by atoms with E-state index >= 15 is 0 Å². The maximum atomic E-state index is 8.56. The Hall–Kier alpha value is 0.446. The molecule has 6 N–H and O–H groups in total. The zero-order valence-corrected chi connectivity index (χ0v) is 5.41. The van der Waals surface area contributed by atoms with Gasteiger partial charge in [-0.1, -0.05) is 0 Å². The Morgan fingerprint density at radius 2 is 0.571 bits per heavy atom. The Labute approximate surface area is 142 Å². The third-order valence-corrected chi connectivity index (χ3v) is 0. The van der Waals surface area contributed by atoms with E-state index in [0.29, 0.717) is 0 Å². The molecule has 0 bridgehead atoms. The van der Waals surface area contributed by atoms with Gasteiger partial charge in [0.25, 0.3) is 0 Å². The first-order valence-corrected chi connectivity index (χ1v) is 1.95. The molecule has 0 aromatic heterocycles. The van der Waals surface area contributed by atoms with Gasteiger partial charge in [0.15, 0.2) is 0 Å². The molecule has 0 saturated heterocycles. The summed E-state index contributed by atoms with van der Waals surface area (Å²) in [6, 6.07) is 0. The van der Waals surface area contributed by atoms with Gasteiger partial charge in [-0.25, -0.2) is 14.4 Å². The first-order chi connectivity index (χ1) is 5.20. The predicted molar refractivity (Wildman–Crippen MR) is 46.3 cm³/mol. The van der Waals surface area contributed by atoms with Crippen LogP contribution < -0.4 is 0 Å². The second-order valence-electron chi connectivity index (χ2n) is 0.848. The van der Waals surface area contributed by atoms with E-state index in [1.165, 1.54) is 0 Å². The first-order valence-electron chi connectivity index (χ1n) is 1.95. The summed E-state index contributed by atoms with van der Waals surface area (Å²) in [5.74, 6) is 0. The Morgan fingerprint density at radius 1 is 0.571 bits per heavy atom. The molecule has 0 amide bonds. The van der Waals surface area contributed by atoms with Gasteiger partial charge in [0.2, 0.25) is 0 Å². The van der Waals surface area contributed by atoms with Crippen LogP contribution in [0.1, 0.15) is 0 Å². The second kappa shape index (κ2) is 23.3. The maximum absolute atomic E-state index is 8.56. The minimum atomic E-state index is -1.83. The number of carbonyl (C=O) groups is 3. The van der Waals surface area contributed by atoms with Gasteiger partial charge in [-0.3, -0.25) is 0 Å². The number of rotatable bonds is 0. The van der Waals surface area contributed by atoms with E-state index in [4.69, 9.17) is 45.0 Å². The van der Waals surface area contributed by atoms with E-state index in [2.05, 4.69) is 0 Å². The molecule has 0 aliphatic heterocycles. The van der Waals surface area contributed by atoms with Crippen molar-refractivity contribution in [2.24, 2.45) is 0 Å². The van der Waals surface area contributed by atoms with Crippen molar-refractivity contribution in [1.29, 1.82) is 0 Å². The van der Waals surface area contributed by atoms with Crippen LogP contribution in [0.2, 0.25) is 0 Å². The molecule has 0 atom stereocenters. The van der Waals surface area contributed by atoms with Crippen molar-refractivity contribution < 1.29 is 45.0 Å². The van der Waals surface area contributed by atoms with Crippen molar-refractivity contribution in [2.45, 2.75) is 0 Å². The molecular weight excluding hydrogens is 242 g/mol. The molecule has 76 valence electrons. The molecule has 0 spiro atoms. The van der Waals surface area contributed by atoms with E-state index in [1.807, 2.05) is 0 Å². The van der Waals surface area contributed by atoms with Crippen molar-refractivity contribution in [3.8, 4) is 0 Å². The summed E-state index contributed by atoms with van der Waals surface area (Å²) in [7, 11) is 0. The van der Waals surface area contributed by atoms with Gasteiger partial charge in [0, 0.05) is 0 Å².